The van der Waals surface area contributed by atoms with Gasteiger partial charge >= 0.3 is 0 Å². The summed E-state index contributed by atoms with van der Waals surface area (Å²) in [6.45, 7) is 10.0. The minimum atomic E-state index is 0.342. The molecule has 4 nitrogen and oxygen atoms in total. The fourth-order valence-electron chi connectivity index (χ4n) is 3.61. The van der Waals surface area contributed by atoms with E-state index in [1.165, 1.54) is 45.3 Å². The van der Waals surface area contributed by atoms with Gasteiger partial charge in [-0.05, 0) is 52.9 Å². The van der Waals surface area contributed by atoms with Gasteiger partial charge in [0, 0.05) is 37.7 Å². The average Bonchev–Trinajstić information content (AvgIpc) is 2.88. The smallest absolute Gasteiger partial charge is 0.0546 e. The number of ether oxygens (including phenoxy) is 1. The summed E-state index contributed by atoms with van der Waals surface area (Å²) in [6, 6.07) is 0.736. The molecule has 4 heteroatoms. The molecule has 2 saturated heterocycles. The van der Waals surface area contributed by atoms with Crippen LogP contribution < -0.4 is 5.32 Å². The Kier molecular flexibility index (Phi) is 6.27. The number of likely N-dealkylation sites (N-methyl/N-ethyl adjacent to an activating group) is 1. The van der Waals surface area contributed by atoms with Crippen molar-refractivity contribution < 1.29 is 4.74 Å². The van der Waals surface area contributed by atoms with Crippen LogP contribution in [0.5, 0.6) is 0 Å². The summed E-state index contributed by atoms with van der Waals surface area (Å²) in [5.74, 6) is 0. The average molecular weight is 283 g/mol. The van der Waals surface area contributed by atoms with Crippen LogP contribution in [0.1, 0.15) is 32.6 Å². The minimum Gasteiger partial charge on any atom is -0.381 e. The van der Waals surface area contributed by atoms with Gasteiger partial charge in [0.05, 0.1) is 6.61 Å². The summed E-state index contributed by atoms with van der Waals surface area (Å²) in [4.78, 5) is 5.03. The first-order chi connectivity index (χ1) is 9.65. The van der Waals surface area contributed by atoms with Crippen LogP contribution in [-0.2, 0) is 4.74 Å². The van der Waals surface area contributed by atoms with E-state index in [0.717, 1.165) is 32.3 Å². The van der Waals surface area contributed by atoms with Gasteiger partial charge in [-0.3, -0.25) is 0 Å². The van der Waals surface area contributed by atoms with Gasteiger partial charge in [0.25, 0.3) is 0 Å². The normalized spacial score (nSPS) is 32.1. The summed E-state index contributed by atoms with van der Waals surface area (Å²) in [5, 5.41) is 3.64. The molecule has 0 aromatic carbocycles. The largest absolute Gasteiger partial charge is 0.381 e. The Hall–Kier alpha value is -0.160. The molecular weight excluding hydrogens is 250 g/mol. The molecule has 0 bridgehead atoms. The summed E-state index contributed by atoms with van der Waals surface area (Å²) in [5.41, 5.74) is 0.342. The van der Waals surface area contributed by atoms with Gasteiger partial charge in [-0.25, -0.2) is 0 Å². The number of likely N-dealkylation sites (tertiary alicyclic amines) is 1. The van der Waals surface area contributed by atoms with Crippen molar-refractivity contribution in [3.05, 3.63) is 0 Å². The van der Waals surface area contributed by atoms with Crippen LogP contribution in [0.25, 0.3) is 0 Å². The van der Waals surface area contributed by atoms with Crippen LogP contribution in [0.4, 0.5) is 0 Å². The third kappa shape index (κ3) is 4.42. The maximum Gasteiger partial charge on any atom is 0.0546 e. The van der Waals surface area contributed by atoms with Crippen LogP contribution in [-0.4, -0.2) is 75.9 Å². The molecule has 2 fully saturated rings. The summed E-state index contributed by atoms with van der Waals surface area (Å²) < 4.78 is 5.82. The molecule has 118 valence electrons. The first kappa shape index (κ1) is 16.2. The van der Waals surface area contributed by atoms with Crippen LogP contribution in [0.2, 0.25) is 0 Å². The molecule has 20 heavy (non-hydrogen) atoms. The van der Waals surface area contributed by atoms with E-state index < -0.39 is 0 Å². The van der Waals surface area contributed by atoms with Crippen molar-refractivity contribution in [2.75, 3.05) is 60.0 Å². The van der Waals surface area contributed by atoms with E-state index in [2.05, 4.69) is 36.1 Å². The minimum absolute atomic E-state index is 0.342. The van der Waals surface area contributed by atoms with E-state index >= 15 is 0 Å². The lowest BCUT2D eigenvalue weighted by Crippen LogP contribution is -2.49. The van der Waals surface area contributed by atoms with Crippen LogP contribution in [0.3, 0.4) is 0 Å². The Labute approximate surface area is 124 Å². The van der Waals surface area contributed by atoms with E-state index in [4.69, 9.17) is 4.74 Å². The molecule has 1 N–H and O–H groups in total. The molecule has 0 spiro atoms. The Balaban J connectivity index is 1.87. The SMILES string of the molecule is CCCNCC1(CN2CCC(N(C)C)C2)CCCOC1. The Bertz CT molecular complexity index is 277. The summed E-state index contributed by atoms with van der Waals surface area (Å²) >= 11 is 0. The molecule has 2 aliphatic heterocycles. The molecule has 0 aliphatic carbocycles. The third-order valence-corrected chi connectivity index (χ3v) is 4.87. The standard InChI is InChI=1S/C16H33N3O/c1-4-8-17-12-16(7-5-10-20-14-16)13-19-9-6-15(11-19)18(2)3/h15,17H,4-14H2,1-3H3. The highest BCUT2D eigenvalue weighted by Gasteiger charge is 2.36. The van der Waals surface area contributed by atoms with Crippen LogP contribution in [0.15, 0.2) is 0 Å². The van der Waals surface area contributed by atoms with E-state index in [1.807, 2.05) is 0 Å². The van der Waals surface area contributed by atoms with Crippen LogP contribution in [0, 0.1) is 5.41 Å². The third-order valence-electron chi connectivity index (χ3n) is 4.87. The second kappa shape index (κ2) is 7.74. The number of nitrogens with zero attached hydrogens (tertiary/aromatic N) is 2. The quantitative estimate of drug-likeness (QED) is 0.715. The Morgan fingerprint density at radius 1 is 1.40 bits per heavy atom. The highest BCUT2D eigenvalue weighted by Crippen LogP contribution is 2.30. The molecule has 2 unspecified atom stereocenters. The molecule has 2 aliphatic rings. The van der Waals surface area contributed by atoms with Crippen molar-refractivity contribution >= 4 is 0 Å². The van der Waals surface area contributed by atoms with Gasteiger partial charge in [-0.15, -0.1) is 0 Å². The van der Waals surface area contributed by atoms with E-state index in [-0.39, 0.29) is 0 Å². The number of nitrogens with one attached hydrogen (secondary N) is 1. The first-order valence-corrected chi connectivity index (χ1v) is 8.32. The van der Waals surface area contributed by atoms with Gasteiger partial charge in [0.2, 0.25) is 0 Å². The highest BCUT2D eigenvalue weighted by molar-refractivity contribution is 4.91. The fourth-order valence-corrected chi connectivity index (χ4v) is 3.61. The maximum atomic E-state index is 5.82. The van der Waals surface area contributed by atoms with Crippen molar-refractivity contribution in [3.63, 3.8) is 0 Å². The van der Waals surface area contributed by atoms with Crippen molar-refractivity contribution in [3.8, 4) is 0 Å². The second-order valence-electron chi connectivity index (χ2n) is 6.97. The lowest BCUT2D eigenvalue weighted by Gasteiger charge is -2.40. The Morgan fingerprint density at radius 3 is 2.85 bits per heavy atom. The van der Waals surface area contributed by atoms with E-state index in [0.29, 0.717) is 5.41 Å². The molecule has 0 saturated carbocycles. The molecule has 2 atom stereocenters. The number of hydrogen-bond donors (Lipinski definition) is 1. The van der Waals surface area contributed by atoms with Crippen molar-refractivity contribution in [2.24, 2.45) is 5.41 Å². The fraction of sp³-hybridized carbons (Fsp3) is 1.00. The van der Waals surface area contributed by atoms with Gasteiger partial charge in [0.15, 0.2) is 0 Å². The lowest BCUT2D eigenvalue weighted by molar-refractivity contribution is -0.0235. The van der Waals surface area contributed by atoms with Crippen molar-refractivity contribution in [1.82, 2.24) is 15.1 Å². The van der Waals surface area contributed by atoms with Crippen molar-refractivity contribution in [1.29, 1.82) is 0 Å². The predicted octanol–water partition coefficient (Wildman–Crippen LogP) is 1.42. The van der Waals surface area contributed by atoms with E-state index in [1.54, 1.807) is 0 Å². The van der Waals surface area contributed by atoms with Gasteiger partial charge in [-0.1, -0.05) is 6.92 Å². The zero-order valence-corrected chi connectivity index (χ0v) is 13.7. The molecule has 0 radical (unpaired) electrons. The van der Waals surface area contributed by atoms with Crippen molar-refractivity contribution in [2.45, 2.75) is 38.6 Å². The molecule has 0 aromatic rings. The summed E-state index contributed by atoms with van der Waals surface area (Å²) in [6.07, 6.45) is 5.06. The molecule has 0 aromatic heterocycles. The molecule has 0 amide bonds. The zero-order valence-electron chi connectivity index (χ0n) is 13.7. The highest BCUT2D eigenvalue weighted by atomic mass is 16.5. The van der Waals surface area contributed by atoms with Gasteiger partial charge < -0.3 is 19.9 Å². The molecular formula is C16H33N3O. The zero-order chi connectivity index (χ0) is 14.4. The van der Waals surface area contributed by atoms with Crippen LogP contribution >= 0.6 is 0 Å². The van der Waals surface area contributed by atoms with Gasteiger partial charge in [-0.2, -0.15) is 0 Å². The molecule has 2 heterocycles. The van der Waals surface area contributed by atoms with Gasteiger partial charge in [0.1, 0.15) is 0 Å². The van der Waals surface area contributed by atoms with E-state index in [9.17, 15) is 0 Å². The first-order valence-electron chi connectivity index (χ1n) is 8.32. The topological polar surface area (TPSA) is 27.7 Å². The number of rotatable bonds is 7. The predicted molar refractivity (Wildman–Crippen MR) is 84.2 cm³/mol. The summed E-state index contributed by atoms with van der Waals surface area (Å²) in [7, 11) is 4.41. The second-order valence-corrected chi connectivity index (χ2v) is 6.97. The monoisotopic (exact) mass is 283 g/mol. The lowest BCUT2D eigenvalue weighted by atomic mass is 9.81. The maximum absolute atomic E-state index is 5.82. The number of hydrogen-bond acceptors (Lipinski definition) is 4. The molecule has 2 rings (SSSR count). The Morgan fingerprint density at radius 2 is 2.25 bits per heavy atom.